The Kier molecular flexibility index (Phi) is 5.80. The molecule has 2 rings (SSSR count). The molecule has 3 N–H and O–H groups in total. The van der Waals surface area contributed by atoms with E-state index in [1.807, 2.05) is 44.5 Å². The van der Waals surface area contributed by atoms with Crippen molar-refractivity contribution in [3.63, 3.8) is 0 Å². The van der Waals surface area contributed by atoms with Gasteiger partial charge in [-0.3, -0.25) is 4.79 Å². The van der Waals surface area contributed by atoms with Crippen LogP contribution in [0.5, 0.6) is 0 Å². The van der Waals surface area contributed by atoms with Crippen molar-refractivity contribution in [1.82, 2.24) is 20.2 Å². The Hall–Kier alpha value is -2.83. The summed E-state index contributed by atoms with van der Waals surface area (Å²) in [5, 5.41) is 8.49. The highest BCUT2D eigenvalue weighted by molar-refractivity contribution is 5.97. The van der Waals surface area contributed by atoms with Gasteiger partial charge >= 0.3 is 6.03 Å². The van der Waals surface area contributed by atoms with Crippen molar-refractivity contribution in [2.24, 2.45) is 0 Å². The molecule has 0 saturated carbocycles. The molecule has 0 bridgehead atoms. The van der Waals surface area contributed by atoms with Gasteiger partial charge < -0.3 is 20.5 Å². The van der Waals surface area contributed by atoms with Gasteiger partial charge in [-0.25, -0.2) is 9.78 Å². The highest BCUT2D eigenvalue weighted by Gasteiger charge is 2.15. The highest BCUT2D eigenvalue weighted by atomic mass is 16.2. The minimum atomic E-state index is -0.333. The van der Waals surface area contributed by atoms with Gasteiger partial charge in [0.1, 0.15) is 0 Å². The Morgan fingerprint density at radius 2 is 2.00 bits per heavy atom. The monoisotopic (exact) mass is 343 g/mol. The van der Waals surface area contributed by atoms with E-state index >= 15 is 0 Å². The largest absolute Gasteiger partial charge is 0.350 e. The number of benzene rings is 1. The maximum atomic E-state index is 12.3. The van der Waals surface area contributed by atoms with Crippen molar-refractivity contribution in [3.8, 4) is 0 Å². The van der Waals surface area contributed by atoms with Crippen molar-refractivity contribution in [3.05, 3.63) is 48.0 Å². The van der Waals surface area contributed by atoms with Crippen LogP contribution in [0.2, 0.25) is 0 Å². The van der Waals surface area contributed by atoms with E-state index in [0.717, 1.165) is 5.56 Å². The Morgan fingerprint density at radius 1 is 1.24 bits per heavy atom. The molecule has 3 amide bonds. The summed E-state index contributed by atoms with van der Waals surface area (Å²) in [4.78, 5) is 28.3. The van der Waals surface area contributed by atoms with Crippen molar-refractivity contribution in [2.45, 2.75) is 39.8 Å². The van der Waals surface area contributed by atoms with E-state index in [-0.39, 0.29) is 17.5 Å². The van der Waals surface area contributed by atoms with Gasteiger partial charge in [-0.1, -0.05) is 6.07 Å². The number of hydrogen-bond donors (Lipinski definition) is 3. The molecule has 0 saturated heterocycles. The van der Waals surface area contributed by atoms with Gasteiger partial charge in [0.05, 0.1) is 6.33 Å². The van der Waals surface area contributed by atoms with Crippen LogP contribution in [0.25, 0.3) is 0 Å². The molecule has 1 aromatic carbocycles. The van der Waals surface area contributed by atoms with E-state index in [0.29, 0.717) is 24.3 Å². The minimum absolute atomic E-state index is 0.181. The van der Waals surface area contributed by atoms with Gasteiger partial charge in [-0.05, 0) is 45.4 Å². The maximum absolute atomic E-state index is 12.3. The summed E-state index contributed by atoms with van der Waals surface area (Å²) >= 11 is 0. The molecule has 7 nitrogen and oxygen atoms in total. The summed E-state index contributed by atoms with van der Waals surface area (Å²) < 4.78 is 1.89. The first-order valence-corrected chi connectivity index (χ1v) is 8.18. The van der Waals surface area contributed by atoms with Crippen LogP contribution >= 0.6 is 0 Å². The number of urea groups is 1. The molecule has 0 radical (unpaired) electrons. The van der Waals surface area contributed by atoms with Gasteiger partial charge in [-0.15, -0.1) is 0 Å². The Morgan fingerprint density at radius 3 is 2.64 bits per heavy atom. The Balaban J connectivity index is 1.97. The van der Waals surface area contributed by atoms with Crippen LogP contribution in [0.4, 0.5) is 10.5 Å². The Bertz CT molecular complexity index is 732. The fourth-order valence-electron chi connectivity index (χ4n) is 2.21. The lowest BCUT2D eigenvalue weighted by molar-refractivity contribution is 0.0952. The van der Waals surface area contributed by atoms with Crippen LogP contribution < -0.4 is 16.0 Å². The van der Waals surface area contributed by atoms with Crippen molar-refractivity contribution >= 4 is 17.6 Å². The molecule has 0 atom stereocenters. The fraction of sp³-hybridized carbons (Fsp3) is 0.389. The predicted molar refractivity (Wildman–Crippen MR) is 97.6 cm³/mol. The Labute approximate surface area is 147 Å². The van der Waals surface area contributed by atoms with E-state index in [9.17, 15) is 9.59 Å². The van der Waals surface area contributed by atoms with Crippen LogP contribution in [0, 0.1) is 6.92 Å². The number of carbonyl (C=O) groups is 2. The van der Waals surface area contributed by atoms with Gasteiger partial charge in [0, 0.05) is 42.3 Å². The number of nitrogens with zero attached hydrogens (tertiary/aromatic N) is 2. The first-order chi connectivity index (χ1) is 11.7. The van der Waals surface area contributed by atoms with E-state index in [4.69, 9.17) is 0 Å². The number of aromatic nitrogens is 2. The molecule has 0 unspecified atom stereocenters. The molecule has 7 heteroatoms. The predicted octanol–water partition coefficient (Wildman–Crippen LogP) is 2.54. The summed E-state index contributed by atoms with van der Waals surface area (Å²) in [7, 11) is 0. The van der Waals surface area contributed by atoms with Gasteiger partial charge in [0.15, 0.2) is 0 Å². The smallest absolute Gasteiger partial charge is 0.319 e. The average molecular weight is 343 g/mol. The van der Waals surface area contributed by atoms with E-state index < -0.39 is 0 Å². The molecule has 134 valence electrons. The number of carbonyl (C=O) groups excluding carboxylic acids is 2. The molecule has 0 aliphatic rings. The van der Waals surface area contributed by atoms with Crippen molar-refractivity contribution in [1.29, 1.82) is 0 Å². The van der Waals surface area contributed by atoms with E-state index in [1.54, 1.807) is 24.7 Å². The lowest BCUT2D eigenvalue weighted by Crippen LogP contribution is -2.43. The fourth-order valence-corrected chi connectivity index (χ4v) is 2.21. The zero-order valence-electron chi connectivity index (χ0n) is 15.1. The zero-order chi connectivity index (χ0) is 18.4. The van der Waals surface area contributed by atoms with E-state index in [1.165, 1.54) is 0 Å². The van der Waals surface area contributed by atoms with E-state index in [2.05, 4.69) is 20.9 Å². The number of hydrogen-bond acceptors (Lipinski definition) is 3. The van der Waals surface area contributed by atoms with Crippen LogP contribution in [0.3, 0.4) is 0 Å². The topological polar surface area (TPSA) is 88.1 Å². The second kappa shape index (κ2) is 7.83. The molecule has 1 heterocycles. The molecule has 25 heavy (non-hydrogen) atoms. The number of nitrogens with one attached hydrogen (secondary N) is 3. The van der Waals surface area contributed by atoms with Crippen LogP contribution in [-0.4, -0.2) is 33.6 Å². The summed E-state index contributed by atoms with van der Waals surface area (Å²) in [6.45, 7) is 8.75. The van der Waals surface area contributed by atoms with Gasteiger partial charge in [0.2, 0.25) is 0 Å². The first-order valence-electron chi connectivity index (χ1n) is 8.18. The van der Waals surface area contributed by atoms with Crippen LogP contribution in [0.15, 0.2) is 36.9 Å². The quantitative estimate of drug-likeness (QED) is 0.779. The van der Waals surface area contributed by atoms with Crippen molar-refractivity contribution < 1.29 is 9.59 Å². The lowest BCUT2D eigenvalue weighted by atomic mass is 10.1. The number of rotatable bonds is 5. The number of imidazole rings is 1. The molecule has 0 fully saturated rings. The van der Waals surface area contributed by atoms with Crippen LogP contribution in [-0.2, 0) is 6.54 Å². The lowest BCUT2D eigenvalue weighted by Gasteiger charge is -2.21. The molecular weight excluding hydrogens is 318 g/mol. The summed E-state index contributed by atoms with van der Waals surface area (Å²) in [5.41, 5.74) is 1.67. The molecule has 0 spiro atoms. The number of anilines is 1. The average Bonchev–Trinajstić information content (AvgIpc) is 3.00. The SMILES string of the molecule is Cc1ccc(C(=O)NCCn2ccnc2)cc1NC(=O)NC(C)(C)C. The van der Waals surface area contributed by atoms with Gasteiger partial charge in [0.25, 0.3) is 5.91 Å². The zero-order valence-corrected chi connectivity index (χ0v) is 15.1. The summed E-state index contributed by atoms with van der Waals surface area (Å²) in [5.74, 6) is -0.181. The standard InChI is InChI=1S/C18H25N5O2/c1-13-5-6-14(11-15(13)21-17(25)22-18(2,3)4)16(24)20-8-10-23-9-7-19-12-23/h5-7,9,11-12H,8,10H2,1-4H3,(H,20,24)(H2,21,22,25). The third kappa shape index (κ3) is 5.95. The third-order valence-corrected chi connectivity index (χ3v) is 3.45. The molecule has 0 aliphatic carbocycles. The normalized spacial score (nSPS) is 11.0. The van der Waals surface area contributed by atoms with Crippen molar-refractivity contribution in [2.75, 3.05) is 11.9 Å². The molecule has 1 aromatic heterocycles. The summed E-state index contributed by atoms with van der Waals surface area (Å²) in [6, 6.07) is 4.95. The molecule has 0 aliphatic heterocycles. The summed E-state index contributed by atoms with van der Waals surface area (Å²) in [6.07, 6.45) is 5.24. The number of aryl methyl sites for hydroxylation is 1. The maximum Gasteiger partial charge on any atom is 0.319 e. The molecular formula is C18H25N5O2. The highest BCUT2D eigenvalue weighted by Crippen LogP contribution is 2.17. The minimum Gasteiger partial charge on any atom is -0.350 e. The molecule has 2 aromatic rings. The second-order valence-electron chi connectivity index (χ2n) is 6.92. The van der Waals surface area contributed by atoms with Gasteiger partial charge in [-0.2, -0.15) is 0 Å². The second-order valence-corrected chi connectivity index (χ2v) is 6.92. The number of amides is 3. The van der Waals surface area contributed by atoms with Crippen LogP contribution in [0.1, 0.15) is 36.7 Å². The third-order valence-electron chi connectivity index (χ3n) is 3.45. The first kappa shape index (κ1) is 18.5.